The van der Waals surface area contributed by atoms with Gasteiger partial charge in [-0.05, 0) is 32.6 Å². The average Bonchev–Trinajstić information content (AvgIpc) is 3.06. The highest BCUT2D eigenvalue weighted by molar-refractivity contribution is 5.90. The number of nitrogens with zero attached hydrogens (tertiary/aromatic N) is 2. The highest BCUT2D eigenvalue weighted by atomic mass is 16.2. The Morgan fingerprint density at radius 1 is 1.20 bits per heavy atom. The van der Waals surface area contributed by atoms with Gasteiger partial charge in [0.1, 0.15) is 0 Å². The van der Waals surface area contributed by atoms with Crippen LogP contribution in [-0.4, -0.2) is 34.3 Å². The second-order valence-corrected chi connectivity index (χ2v) is 6.68. The maximum absolute atomic E-state index is 11.8. The molecule has 1 heterocycles. The van der Waals surface area contributed by atoms with Gasteiger partial charge in [0.05, 0.1) is 11.9 Å². The summed E-state index contributed by atoms with van der Waals surface area (Å²) >= 11 is 0. The van der Waals surface area contributed by atoms with E-state index in [0.29, 0.717) is 19.0 Å². The molecule has 1 saturated carbocycles. The van der Waals surface area contributed by atoms with Crippen LogP contribution < -0.4 is 16.0 Å². The number of anilines is 1. The molecule has 0 unspecified atom stereocenters. The first-order chi connectivity index (χ1) is 12.2. The number of aryl methyl sites for hydroxylation is 1. The normalized spacial score (nSPS) is 14.9. The van der Waals surface area contributed by atoms with Crippen molar-refractivity contribution < 1.29 is 9.59 Å². The number of urea groups is 1. The monoisotopic (exact) mass is 349 g/mol. The average molecular weight is 349 g/mol. The number of hydrogen-bond acceptors (Lipinski definition) is 3. The van der Waals surface area contributed by atoms with Gasteiger partial charge in [0.25, 0.3) is 0 Å². The van der Waals surface area contributed by atoms with E-state index >= 15 is 0 Å². The quantitative estimate of drug-likeness (QED) is 0.599. The van der Waals surface area contributed by atoms with E-state index in [9.17, 15) is 9.59 Å². The van der Waals surface area contributed by atoms with E-state index in [1.165, 1.54) is 19.3 Å². The summed E-state index contributed by atoms with van der Waals surface area (Å²) in [4.78, 5) is 23.6. The van der Waals surface area contributed by atoms with Crippen LogP contribution in [0.25, 0.3) is 0 Å². The first-order valence-corrected chi connectivity index (χ1v) is 9.54. The molecule has 0 bridgehead atoms. The maximum atomic E-state index is 11.8. The Labute approximate surface area is 149 Å². The fourth-order valence-corrected chi connectivity index (χ4v) is 3.10. The van der Waals surface area contributed by atoms with Crippen LogP contribution in [0.1, 0.15) is 64.7 Å². The van der Waals surface area contributed by atoms with E-state index in [1.807, 2.05) is 13.1 Å². The van der Waals surface area contributed by atoms with Gasteiger partial charge < -0.3 is 16.0 Å². The largest absolute Gasteiger partial charge is 0.338 e. The van der Waals surface area contributed by atoms with Crippen molar-refractivity contribution >= 4 is 17.6 Å². The van der Waals surface area contributed by atoms with E-state index in [0.717, 1.165) is 44.3 Å². The molecular formula is C18H31N5O2. The molecule has 140 valence electrons. The number of unbranched alkanes of at least 4 members (excludes halogenated alkanes) is 2. The summed E-state index contributed by atoms with van der Waals surface area (Å²) in [5.41, 5.74) is 0.743. The molecule has 0 radical (unpaired) electrons. The number of carbonyl (C=O) groups excluding carboxylic acids is 2. The van der Waals surface area contributed by atoms with Crippen molar-refractivity contribution in [1.82, 2.24) is 20.4 Å². The molecule has 25 heavy (non-hydrogen) atoms. The third kappa shape index (κ3) is 7.58. The van der Waals surface area contributed by atoms with E-state index in [-0.39, 0.29) is 11.9 Å². The van der Waals surface area contributed by atoms with Gasteiger partial charge >= 0.3 is 6.03 Å². The zero-order valence-corrected chi connectivity index (χ0v) is 15.2. The molecular weight excluding hydrogens is 318 g/mol. The minimum Gasteiger partial charge on any atom is -0.338 e. The molecule has 1 aromatic rings. The molecule has 0 aliphatic heterocycles. The number of amides is 3. The van der Waals surface area contributed by atoms with Crippen LogP contribution in [0.4, 0.5) is 10.5 Å². The van der Waals surface area contributed by atoms with Crippen LogP contribution in [0.3, 0.4) is 0 Å². The minimum atomic E-state index is -0.0578. The van der Waals surface area contributed by atoms with Crippen molar-refractivity contribution in [3.63, 3.8) is 0 Å². The van der Waals surface area contributed by atoms with Gasteiger partial charge in [-0.1, -0.05) is 25.7 Å². The molecule has 3 N–H and O–H groups in total. The summed E-state index contributed by atoms with van der Waals surface area (Å²) in [6.07, 6.45) is 12.5. The molecule has 0 atom stereocenters. The first kappa shape index (κ1) is 19.3. The lowest BCUT2D eigenvalue weighted by Gasteiger charge is -2.22. The van der Waals surface area contributed by atoms with Gasteiger partial charge in [0, 0.05) is 31.7 Å². The summed E-state index contributed by atoms with van der Waals surface area (Å²) < 4.78 is 1.78. The molecule has 7 nitrogen and oxygen atoms in total. The van der Waals surface area contributed by atoms with Gasteiger partial charge in [-0.2, -0.15) is 5.10 Å². The van der Waals surface area contributed by atoms with Crippen LogP contribution >= 0.6 is 0 Å². The molecule has 2 rings (SSSR count). The lowest BCUT2D eigenvalue weighted by Crippen LogP contribution is -2.43. The zero-order valence-electron chi connectivity index (χ0n) is 15.2. The van der Waals surface area contributed by atoms with Crippen molar-refractivity contribution in [1.29, 1.82) is 0 Å². The van der Waals surface area contributed by atoms with Gasteiger partial charge in [0.15, 0.2) is 0 Å². The Hall–Kier alpha value is -2.05. The van der Waals surface area contributed by atoms with Crippen LogP contribution in [0.15, 0.2) is 12.4 Å². The van der Waals surface area contributed by atoms with Gasteiger partial charge in [0.2, 0.25) is 5.91 Å². The Kier molecular flexibility index (Phi) is 8.28. The molecule has 0 spiro atoms. The summed E-state index contributed by atoms with van der Waals surface area (Å²) in [5, 5.41) is 12.9. The molecule has 1 aromatic heterocycles. The fourth-order valence-electron chi connectivity index (χ4n) is 3.10. The van der Waals surface area contributed by atoms with E-state index < -0.39 is 0 Å². The predicted octanol–water partition coefficient (Wildman–Crippen LogP) is 3.03. The molecule has 0 aromatic carbocycles. The summed E-state index contributed by atoms with van der Waals surface area (Å²) in [6.45, 7) is 3.45. The van der Waals surface area contributed by atoms with Crippen LogP contribution in [0.2, 0.25) is 0 Å². The van der Waals surface area contributed by atoms with Crippen molar-refractivity contribution in [3.8, 4) is 0 Å². The number of aromatic nitrogens is 2. The van der Waals surface area contributed by atoms with E-state index in [2.05, 4.69) is 21.0 Å². The van der Waals surface area contributed by atoms with Gasteiger partial charge in [-0.3, -0.25) is 9.48 Å². The third-order valence-corrected chi connectivity index (χ3v) is 4.55. The number of rotatable bonds is 9. The SMILES string of the molecule is CCn1cc(NC(=O)CCCCCNC(=O)NC2CCCCC2)cn1. The Bertz CT molecular complexity index is 537. The second-order valence-electron chi connectivity index (χ2n) is 6.68. The zero-order chi connectivity index (χ0) is 17.9. The third-order valence-electron chi connectivity index (χ3n) is 4.55. The first-order valence-electron chi connectivity index (χ1n) is 9.54. The Balaban J connectivity index is 1.47. The molecule has 3 amide bonds. The molecule has 0 saturated heterocycles. The molecule has 1 aliphatic rings. The van der Waals surface area contributed by atoms with Crippen LogP contribution in [0, 0.1) is 0 Å². The van der Waals surface area contributed by atoms with Crippen molar-refractivity contribution in [3.05, 3.63) is 12.4 Å². The van der Waals surface area contributed by atoms with Crippen molar-refractivity contribution in [2.24, 2.45) is 0 Å². The lowest BCUT2D eigenvalue weighted by molar-refractivity contribution is -0.116. The number of hydrogen-bond donors (Lipinski definition) is 3. The highest BCUT2D eigenvalue weighted by Gasteiger charge is 2.15. The van der Waals surface area contributed by atoms with Crippen molar-refractivity contribution in [2.45, 2.75) is 77.3 Å². The minimum absolute atomic E-state index is 0.0126. The van der Waals surface area contributed by atoms with Crippen LogP contribution in [-0.2, 0) is 11.3 Å². The molecule has 1 aliphatic carbocycles. The Morgan fingerprint density at radius 3 is 2.72 bits per heavy atom. The second kappa shape index (κ2) is 10.7. The number of carbonyl (C=O) groups is 2. The highest BCUT2D eigenvalue weighted by Crippen LogP contribution is 2.17. The van der Waals surface area contributed by atoms with E-state index in [4.69, 9.17) is 0 Å². The smallest absolute Gasteiger partial charge is 0.315 e. The lowest BCUT2D eigenvalue weighted by atomic mass is 9.96. The van der Waals surface area contributed by atoms with Crippen molar-refractivity contribution in [2.75, 3.05) is 11.9 Å². The fraction of sp³-hybridized carbons (Fsp3) is 0.722. The van der Waals surface area contributed by atoms with Crippen LogP contribution in [0.5, 0.6) is 0 Å². The maximum Gasteiger partial charge on any atom is 0.315 e. The van der Waals surface area contributed by atoms with E-state index in [1.54, 1.807) is 10.9 Å². The summed E-state index contributed by atoms with van der Waals surface area (Å²) in [7, 11) is 0. The topological polar surface area (TPSA) is 88.0 Å². The van der Waals surface area contributed by atoms with Gasteiger partial charge in [-0.25, -0.2) is 4.79 Å². The standard InChI is InChI=1S/C18H31N5O2/c1-2-23-14-16(13-20-23)21-17(24)11-7-4-8-12-19-18(25)22-15-9-5-3-6-10-15/h13-15H,2-12H2,1H3,(H,21,24)(H2,19,22,25). The number of nitrogens with one attached hydrogen (secondary N) is 3. The molecule has 7 heteroatoms. The predicted molar refractivity (Wildman–Crippen MR) is 98.4 cm³/mol. The summed E-state index contributed by atoms with van der Waals surface area (Å²) in [6, 6.07) is 0.284. The summed E-state index contributed by atoms with van der Waals surface area (Å²) in [5.74, 6) is 0.0126. The Morgan fingerprint density at radius 2 is 2.00 bits per heavy atom. The molecule has 1 fully saturated rings. The van der Waals surface area contributed by atoms with Gasteiger partial charge in [-0.15, -0.1) is 0 Å².